The second-order valence-corrected chi connectivity index (χ2v) is 5.01. The largest absolute Gasteiger partial charge is 0.304 e. The molecule has 0 saturated carbocycles. The Morgan fingerprint density at radius 1 is 0.857 bits per heavy atom. The van der Waals surface area contributed by atoms with Gasteiger partial charge in [-0.05, 0) is 30.7 Å². The fourth-order valence-electron chi connectivity index (χ4n) is 2.20. The maximum atomic E-state index is 4.51. The van der Waals surface area contributed by atoms with E-state index in [2.05, 4.69) is 67.4 Å². The van der Waals surface area contributed by atoms with E-state index >= 15 is 0 Å². The van der Waals surface area contributed by atoms with Crippen LogP contribution in [0.3, 0.4) is 0 Å². The van der Waals surface area contributed by atoms with Crippen molar-refractivity contribution < 1.29 is 20.1 Å². The minimum Gasteiger partial charge on any atom is -0.304 e. The van der Waals surface area contributed by atoms with Crippen molar-refractivity contribution in [3.05, 3.63) is 78.0 Å². The first kappa shape index (κ1) is 15.6. The van der Waals surface area contributed by atoms with Crippen LogP contribution in [-0.4, -0.2) is 4.98 Å². The van der Waals surface area contributed by atoms with Crippen molar-refractivity contribution in [1.29, 1.82) is 0 Å². The second kappa shape index (κ2) is 6.80. The van der Waals surface area contributed by atoms with E-state index in [0.29, 0.717) is 0 Å². The summed E-state index contributed by atoms with van der Waals surface area (Å²) in [7, 11) is 0. The molecule has 0 amide bonds. The molecule has 0 atom stereocenters. The summed E-state index contributed by atoms with van der Waals surface area (Å²) in [6.45, 7) is 4.19. The van der Waals surface area contributed by atoms with Crippen LogP contribution in [0.1, 0.15) is 11.1 Å². The van der Waals surface area contributed by atoms with E-state index in [1.165, 1.54) is 22.3 Å². The van der Waals surface area contributed by atoms with E-state index in [0.717, 1.165) is 11.3 Å². The molecule has 0 aliphatic heterocycles. The Balaban J connectivity index is 0.00000161. The molecule has 3 aromatic rings. The van der Waals surface area contributed by atoms with Gasteiger partial charge in [-0.1, -0.05) is 42.0 Å². The Hall–Kier alpha value is -1.76. The van der Waals surface area contributed by atoms with Crippen LogP contribution >= 0.6 is 0 Å². The van der Waals surface area contributed by atoms with Gasteiger partial charge in [0.1, 0.15) is 0 Å². The summed E-state index contributed by atoms with van der Waals surface area (Å²) in [5.41, 5.74) is 6.90. The van der Waals surface area contributed by atoms with Crippen LogP contribution in [0.4, 0.5) is 0 Å². The van der Waals surface area contributed by atoms with Gasteiger partial charge in [-0.25, -0.2) is 0 Å². The number of benzene rings is 2. The summed E-state index contributed by atoms with van der Waals surface area (Å²) in [5.74, 6) is 0. The molecule has 107 valence electrons. The maximum absolute atomic E-state index is 4.51. The molecule has 0 fully saturated rings. The molecular formula is C19H16IrN-. The molecule has 1 radical (unpaired) electrons. The quantitative estimate of drug-likeness (QED) is 0.510. The molecular weight excluding hydrogens is 434 g/mol. The van der Waals surface area contributed by atoms with Crippen molar-refractivity contribution in [3.63, 3.8) is 0 Å². The molecule has 0 aliphatic carbocycles. The third kappa shape index (κ3) is 3.47. The molecule has 1 aromatic heterocycles. The molecule has 21 heavy (non-hydrogen) atoms. The minimum absolute atomic E-state index is 0. The number of nitrogens with zero attached hydrogens (tertiary/aromatic N) is 1. The average molecular weight is 451 g/mol. The zero-order chi connectivity index (χ0) is 13.9. The van der Waals surface area contributed by atoms with E-state index < -0.39 is 0 Å². The first-order chi connectivity index (χ1) is 9.74. The standard InChI is InChI=1S/C19H16N.Ir/c1-14-11-19(20-13-15(14)2)18-10-6-9-17(12-18)16-7-4-3-5-8-16;/h3-9,11-13H,1-2H3;/q-1;. The Morgan fingerprint density at radius 2 is 1.62 bits per heavy atom. The number of aromatic nitrogens is 1. The van der Waals surface area contributed by atoms with Crippen molar-refractivity contribution >= 4 is 0 Å². The molecule has 2 heteroatoms. The summed E-state index contributed by atoms with van der Waals surface area (Å²) in [6.07, 6.45) is 1.92. The number of pyridine rings is 1. The van der Waals surface area contributed by atoms with Gasteiger partial charge in [0.15, 0.2) is 0 Å². The zero-order valence-corrected chi connectivity index (χ0v) is 14.4. The van der Waals surface area contributed by atoms with Gasteiger partial charge in [0.05, 0.1) is 0 Å². The van der Waals surface area contributed by atoms with E-state index in [1.54, 1.807) is 0 Å². The summed E-state index contributed by atoms with van der Waals surface area (Å²) in [6, 6.07) is 22.0. The van der Waals surface area contributed by atoms with Crippen LogP contribution in [0, 0.1) is 19.9 Å². The van der Waals surface area contributed by atoms with E-state index in [1.807, 2.05) is 18.3 Å². The van der Waals surface area contributed by atoms with E-state index in [4.69, 9.17) is 0 Å². The fraction of sp³-hybridized carbons (Fsp3) is 0.105. The molecule has 2 aromatic carbocycles. The van der Waals surface area contributed by atoms with Gasteiger partial charge in [0.2, 0.25) is 0 Å². The average Bonchev–Trinajstić information content (AvgIpc) is 2.51. The number of rotatable bonds is 2. The van der Waals surface area contributed by atoms with Gasteiger partial charge in [-0.3, -0.25) is 0 Å². The Labute approximate surface area is 139 Å². The van der Waals surface area contributed by atoms with Crippen LogP contribution < -0.4 is 0 Å². The number of aryl methyl sites for hydroxylation is 2. The molecule has 3 rings (SSSR count). The zero-order valence-electron chi connectivity index (χ0n) is 12.1. The molecule has 1 nitrogen and oxygen atoms in total. The first-order valence-corrected chi connectivity index (χ1v) is 6.75. The molecule has 0 spiro atoms. The van der Waals surface area contributed by atoms with Gasteiger partial charge in [0, 0.05) is 26.3 Å². The Bertz CT molecular complexity index is 736. The van der Waals surface area contributed by atoms with Crippen LogP contribution in [0.25, 0.3) is 22.4 Å². The Kier molecular flexibility index (Phi) is 5.06. The monoisotopic (exact) mass is 451 g/mol. The molecule has 1 heterocycles. The van der Waals surface area contributed by atoms with Crippen molar-refractivity contribution in [3.8, 4) is 22.4 Å². The van der Waals surface area contributed by atoms with Gasteiger partial charge in [-0.2, -0.15) is 0 Å². The van der Waals surface area contributed by atoms with Crippen molar-refractivity contribution in [1.82, 2.24) is 4.98 Å². The molecule has 0 N–H and O–H groups in total. The predicted octanol–water partition coefficient (Wildman–Crippen LogP) is 4.83. The van der Waals surface area contributed by atoms with Crippen LogP contribution in [0.5, 0.6) is 0 Å². The number of hydrogen-bond acceptors (Lipinski definition) is 1. The molecule has 0 saturated heterocycles. The molecule has 0 unspecified atom stereocenters. The van der Waals surface area contributed by atoms with Crippen LogP contribution in [0.2, 0.25) is 0 Å². The van der Waals surface area contributed by atoms with Gasteiger partial charge < -0.3 is 4.98 Å². The minimum atomic E-state index is 0. The van der Waals surface area contributed by atoms with E-state index in [-0.39, 0.29) is 20.1 Å². The molecule has 0 bridgehead atoms. The Morgan fingerprint density at radius 3 is 2.33 bits per heavy atom. The van der Waals surface area contributed by atoms with Gasteiger partial charge >= 0.3 is 0 Å². The van der Waals surface area contributed by atoms with Gasteiger partial charge in [-0.15, -0.1) is 35.4 Å². The van der Waals surface area contributed by atoms with Crippen molar-refractivity contribution in [2.45, 2.75) is 13.8 Å². The third-order valence-corrected chi connectivity index (χ3v) is 3.56. The first-order valence-electron chi connectivity index (χ1n) is 6.75. The van der Waals surface area contributed by atoms with Gasteiger partial charge in [0.25, 0.3) is 0 Å². The van der Waals surface area contributed by atoms with Crippen LogP contribution in [-0.2, 0) is 20.1 Å². The van der Waals surface area contributed by atoms with Crippen LogP contribution in [0.15, 0.2) is 60.8 Å². The third-order valence-electron chi connectivity index (χ3n) is 3.56. The second-order valence-electron chi connectivity index (χ2n) is 5.01. The molecule has 0 aliphatic rings. The van der Waals surface area contributed by atoms with Crippen molar-refractivity contribution in [2.24, 2.45) is 0 Å². The van der Waals surface area contributed by atoms with Crippen molar-refractivity contribution in [2.75, 3.05) is 0 Å². The summed E-state index contributed by atoms with van der Waals surface area (Å²) < 4.78 is 0. The normalized spacial score (nSPS) is 10.0. The fourth-order valence-corrected chi connectivity index (χ4v) is 2.20. The topological polar surface area (TPSA) is 12.9 Å². The predicted molar refractivity (Wildman–Crippen MR) is 83.4 cm³/mol. The van der Waals surface area contributed by atoms with E-state index in [9.17, 15) is 0 Å². The summed E-state index contributed by atoms with van der Waals surface area (Å²) in [5, 5.41) is 0. The smallest absolute Gasteiger partial charge is 0.0192 e. The number of hydrogen-bond donors (Lipinski definition) is 0. The maximum Gasteiger partial charge on any atom is 0.0192 e. The SMILES string of the molecule is Cc1cnc(-c2[c-]ccc(-c3ccccc3)c2)cc1C.[Ir]. The summed E-state index contributed by atoms with van der Waals surface area (Å²) in [4.78, 5) is 4.51. The summed E-state index contributed by atoms with van der Waals surface area (Å²) >= 11 is 0.